The summed E-state index contributed by atoms with van der Waals surface area (Å²) in [4.78, 5) is 23.6. The van der Waals surface area contributed by atoms with Crippen LogP contribution in [0.5, 0.6) is 5.75 Å². The molecular weight excluding hydrogens is 222 g/mol. The van der Waals surface area contributed by atoms with E-state index in [4.69, 9.17) is 9.84 Å². The molecule has 17 heavy (non-hydrogen) atoms. The van der Waals surface area contributed by atoms with Crippen molar-refractivity contribution in [3.8, 4) is 5.75 Å². The third-order valence-corrected chi connectivity index (χ3v) is 2.19. The van der Waals surface area contributed by atoms with Gasteiger partial charge in [0.2, 0.25) is 5.91 Å². The van der Waals surface area contributed by atoms with E-state index in [0.29, 0.717) is 0 Å². The maximum Gasteiger partial charge on any atom is 0.339 e. The Morgan fingerprint density at radius 2 is 1.94 bits per heavy atom. The van der Waals surface area contributed by atoms with Crippen LogP contribution in [-0.4, -0.2) is 42.6 Å². The molecule has 0 fully saturated rings. The summed E-state index contributed by atoms with van der Waals surface area (Å²) < 4.78 is 5.29. The zero-order valence-corrected chi connectivity index (χ0v) is 9.84. The smallest absolute Gasteiger partial charge is 0.339 e. The number of carbonyl (C=O) groups excluding carboxylic acids is 1. The fourth-order valence-electron chi connectivity index (χ4n) is 1.24. The predicted octanol–water partition coefficient (Wildman–Crippen LogP) is 1.24. The van der Waals surface area contributed by atoms with Gasteiger partial charge in [-0.05, 0) is 12.1 Å². The van der Waals surface area contributed by atoms with Crippen LogP contribution in [0.2, 0.25) is 0 Å². The van der Waals surface area contributed by atoms with Crippen molar-refractivity contribution in [2.45, 2.75) is 6.42 Å². The monoisotopic (exact) mass is 237 g/mol. The summed E-state index contributed by atoms with van der Waals surface area (Å²) in [5.74, 6) is -0.816. The normalized spacial score (nSPS) is 9.76. The van der Waals surface area contributed by atoms with Crippen molar-refractivity contribution in [3.05, 3.63) is 29.8 Å². The Hall–Kier alpha value is -2.04. The number of amides is 1. The Bertz CT molecular complexity index is 415. The van der Waals surface area contributed by atoms with Crippen LogP contribution in [0.3, 0.4) is 0 Å². The Balaban J connectivity index is 2.58. The first-order valence-electron chi connectivity index (χ1n) is 5.17. The number of carboxylic acids is 1. The maximum absolute atomic E-state index is 11.3. The summed E-state index contributed by atoms with van der Waals surface area (Å²) in [6.07, 6.45) is 0.223. The molecule has 0 radical (unpaired) electrons. The van der Waals surface area contributed by atoms with E-state index in [1.807, 2.05) is 0 Å². The lowest BCUT2D eigenvalue weighted by Crippen LogP contribution is -2.23. The third kappa shape index (κ3) is 3.79. The van der Waals surface area contributed by atoms with Gasteiger partial charge in [-0.25, -0.2) is 4.79 Å². The van der Waals surface area contributed by atoms with Gasteiger partial charge in [0.05, 0.1) is 13.0 Å². The van der Waals surface area contributed by atoms with Crippen molar-refractivity contribution in [1.82, 2.24) is 4.90 Å². The average molecular weight is 237 g/mol. The van der Waals surface area contributed by atoms with Gasteiger partial charge in [-0.3, -0.25) is 4.79 Å². The largest absolute Gasteiger partial charge is 0.492 e. The molecule has 5 heteroatoms. The first-order valence-corrected chi connectivity index (χ1v) is 5.17. The molecule has 0 spiro atoms. The van der Waals surface area contributed by atoms with E-state index in [1.165, 1.54) is 11.0 Å². The van der Waals surface area contributed by atoms with Gasteiger partial charge in [0.15, 0.2) is 0 Å². The minimum atomic E-state index is -1.04. The summed E-state index contributed by atoms with van der Waals surface area (Å²) in [5, 5.41) is 8.91. The van der Waals surface area contributed by atoms with Crippen LogP contribution in [0.25, 0.3) is 0 Å². The predicted molar refractivity (Wildman–Crippen MR) is 62.2 cm³/mol. The second-order valence-corrected chi connectivity index (χ2v) is 3.69. The summed E-state index contributed by atoms with van der Waals surface area (Å²) in [7, 11) is 3.32. The van der Waals surface area contributed by atoms with E-state index in [0.717, 1.165) is 0 Å². The van der Waals surface area contributed by atoms with Crippen LogP contribution >= 0.6 is 0 Å². The second kappa shape index (κ2) is 5.89. The highest BCUT2D eigenvalue weighted by Crippen LogP contribution is 2.17. The maximum atomic E-state index is 11.3. The fourth-order valence-corrected chi connectivity index (χ4v) is 1.24. The van der Waals surface area contributed by atoms with E-state index in [1.54, 1.807) is 32.3 Å². The molecule has 0 unspecified atom stereocenters. The van der Waals surface area contributed by atoms with Gasteiger partial charge in [-0.15, -0.1) is 0 Å². The van der Waals surface area contributed by atoms with Crippen LogP contribution in [0.15, 0.2) is 24.3 Å². The highest BCUT2D eigenvalue weighted by Gasteiger charge is 2.10. The first-order chi connectivity index (χ1) is 8.02. The topological polar surface area (TPSA) is 66.8 Å². The molecular formula is C12H15NO4. The number of ether oxygens (including phenoxy) is 1. The van der Waals surface area contributed by atoms with Crippen molar-refractivity contribution in [2.75, 3.05) is 20.7 Å². The molecule has 1 aromatic rings. The van der Waals surface area contributed by atoms with Gasteiger partial charge in [0.25, 0.3) is 0 Å². The zero-order chi connectivity index (χ0) is 12.8. The number of carbonyl (C=O) groups is 2. The number of rotatable bonds is 5. The zero-order valence-electron chi connectivity index (χ0n) is 9.84. The van der Waals surface area contributed by atoms with Crippen molar-refractivity contribution >= 4 is 11.9 Å². The van der Waals surface area contributed by atoms with Gasteiger partial charge in [-0.2, -0.15) is 0 Å². The summed E-state index contributed by atoms with van der Waals surface area (Å²) in [5.41, 5.74) is 0.102. The fraction of sp³-hybridized carbons (Fsp3) is 0.333. The number of benzene rings is 1. The lowest BCUT2D eigenvalue weighted by atomic mass is 10.2. The van der Waals surface area contributed by atoms with Crippen LogP contribution in [0.4, 0.5) is 0 Å². The molecule has 0 bridgehead atoms. The van der Waals surface area contributed by atoms with Crippen LogP contribution in [0, 0.1) is 0 Å². The second-order valence-electron chi connectivity index (χ2n) is 3.69. The molecule has 5 nitrogen and oxygen atoms in total. The molecule has 1 rings (SSSR count). The number of hydrogen-bond donors (Lipinski definition) is 1. The van der Waals surface area contributed by atoms with Crippen molar-refractivity contribution < 1.29 is 19.4 Å². The third-order valence-electron chi connectivity index (χ3n) is 2.19. The van der Waals surface area contributed by atoms with E-state index in [2.05, 4.69) is 0 Å². The van der Waals surface area contributed by atoms with Gasteiger partial charge in [0.1, 0.15) is 11.3 Å². The van der Waals surface area contributed by atoms with Crippen LogP contribution < -0.4 is 4.74 Å². The van der Waals surface area contributed by atoms with Crippen LogP contribution in [-0.2, 0) is 4.79 Å². The first kappa shape index (κ1) is 13.0. The van der Waals surface area contributed by atoms with Crippen molar-refractivity contribution in [1.29, 1.82) is 0 Å². The SMILES string of the molecule is CN(C)C(=O)CCOc1ccccc1C(=O)O. The summed E-state index contributed by atoms with van der Waals surface area (Å²) >= 11 is 0. The summed E-state index contributed by atoms with van der Waals surface area (Å²) in [6.45, 7) is 0.168. The molecule has 1 amide bonds. The van der Waals surface area contributed by atoms with Gasteiger partial charge < -0.3 is 14.7 Å². The van der Waals surface area contributed by atoms with Crippen molar-refractivity contribution in [3.63, 3.8) is 0 Å². The van der Waals surface area contributed by atoms with Gasteiger partial charge in [-0.1, -0.05) is 12.1 Å². The molecule has 0 aliphatic heterocycles. The highest BCUT2D eigenvalue weighted by atomic mass is 16.5. The van der Waals surface area contributed by atoms with E-state index >= 15 is 0 Å². The molecule has 0 aromatic heterocycles. The molecule has 0 saturated carbocycles. The molecule has 1 N–H and O–H groups in total. The average Bonchev–Trinajstić information content (AvgIpc) is 2.29. The number of carboxylic acid groups (broad SMARTS) is 1. The van der Waals surface area contributed by atoms with Crippen molar-refractivity contribution in [2.24, 2.45) is 0 Å². The molecule has 0 aliphatic rings. The lowest BCUT2D eigenvalue weighted by molar-refractivity contribution is -0.129. The summed E-state index contributed by atoms with van der Waals surface area (Å²) in [6, 6.07) is 6.35. The standard InChI is InChI=1S/C12H15NO4/c1-13(2)11(14)7-8-17-10-6-4-3-5-9(10)12(15)16/h3-6H,7-8H2,1-2H3,(H,15,16). The Morgan fingerprint density at radius 3 is 2.53 bits per heavy atom. The number of aromatic carboxylic acids is 1. The number of nitrogens with zero attached hydrogens (tertiary/aromatic N) is 1. The Kier molecular flexibility index (Phi) is 4.51. The van der Waals surface area contributed by atoms with Gasteiger partial charge >= 0.3 is 5.97 Å². The lowest BCUT2D eigenvalue weighted by Gasteiger charge is -2.11. The van der Waals surface area contributed by atoms with E-state index in [-0.39, 0.29) is 30.2 Å². The molecule has 0 heterocycles. The van der Waals surface area contributed by atoms with Gasteiger partial charge in [0, 0.05) is 14.1 Å². The van der Waals surface area contributed by atoms with Crippen LogP contribution in [0.1, 0.15) is 16.8 Å². The molecule has 0 aliphatic carbocycles. The molecule has 0 saturated heterocycles. The quantitative estimate of drug-likeness (QED) is 0.836. The Labute approximate surface area is 99.6 Å². The molecule has 92 valence electrons. The molecule has 0 atom stereocenters. The Morgan fingerprint density at radius 1 is 1.29 bits per heavy atom. The highest BCUT2D eigenvalue weighted by molar-refractivity contribution is 5.90. The number of hydrogen-bond acceptors (Lipinski definition) is 3. The number of para-hydroxylation sites is 1. The van der Waals surface area contributed by atoms with E-state index in [9.17, 15) is 9.59 Å². The molecule has 1 aromatic carbocycles. The van der Waals surface area contributed by atoms with E-state index < -0.39 is 5.97 Å². The minimum absolute atomic E-state index is 0.0576. The minimum Gasteiger partial charge on any atom is -0.492 e.